The largest absolute Gasteiger partial charge is 0.464 e. The topological polar surface area (TPSA) is 109 Å². The average molecular weight is 478 g/mol. The lowest BCUT2D eigenvalue weighted by molar-refractivity contribution is -0.168. The molecule has 0 aliphatic carbocycles. The highest BCUT2D eigenvalue weighted by atomic mass is 16.7. The van der Waals surface area contributed by atoms with Crippen molar-refractivity contribution in [2.45, 2.75) is 25.6 Å². The van der Waals surface area contributed by atoms with Crippen LogP contribution >= 0.6 is 0 Å². The molecule has 2 N–H and O–H groups in total. The first-order valence-electron chi connectivity index (χ1n) is 11.7. The molecule has 34 heavy (non-hydrogen) atoms. The molecule has 1 aromatic heterocycles. The van der Waals surface area contributed by atoms with Crippen molar-refractivity contribution in [3.05, 3.63) is 47.9 Å². The van der Waals surface area contributed by atoms with Crippen LogP contribution in [0.3, 0.4) is 0 Å². The smallest absolute Gasteiger partial charge is 0.286 e. The highest BCUT2D eigenvalue weighted by Gasteiger charge is 2.39. The van der Waals surface area contributed by atoms with E-state index in [2.05, 4.69) is 5.32 Å². The summed E-state index contributed by atoms with van der Waals surface area (Å²) in [7, 11) is 1.58. The lowest BCUT2D eigenvalue weighted by atomic mass is 9.81. The van der Waals surface area contributed by atoms with Crippen molar-refractivity contribution in [1.29, 1.82) is 0 Å². The molecule has 3 rings (SSSR count). The van der Waals surface area contributed by atoms with Crippen molar-refractivity contribution < 1.29 is 38.0 Å². The van der Waals surface area contributed by atoms with Gasteiger partial charge in [0.05, 0.1) is 39.3 Å². The number of benzene rings is 1. The Labute approximate surface area is 199 Å². The summed E-state index contributed by atoms with van der Waals surface area (Å²) in [6.07, 6.45) is 3.62. The van der Waals surface area contributed by atoms with Crippen molar-refractivity contribution in [2.75, 3.05) is 59.9 Å². The van der Waals surface area contributed by atoms with E-state index >= 15 is 0 Å². The zero-order valence-electron chi connectivity index (χ0n) is 19.9. The first-order valence-corrected chi connectivity index (χ1v) is 11.7. The van der Waals surface area contributed by atoms with E-state index in [9.17, 15) is 4.79 Å². The Morgan fingerprint density at radius 2 is 1.91 bits per heavy atom. The number of ether oxygens (including phenoxy) is 5. The molecule has 9 nitrogen and oxygen atoms in total. The Hall–Kier alpha value is -2.43. The molecule has 3 atom stereocenters. The fraction of sp³-hybridized carbons (Fsp3) is 0.560. The van der Waals surface area contributed by atoms with Crippen molar-refractivity contribution in [3.63, 3.8) is 0 Å². The third-order valence-electron chi connectivity index (χ3n) is 5.60. The standard InChI is InChI=1S/C25H35NO8/c1-3-32-25-19(8-11-30-14-15-31-13-10-27)20(16-23(34-25)24(28)26-9-12-29-2)21-17-33-22-7-5-4-6-18(21)22/h4-7,16-17,19-20,25,27H,3,8-15H2,1-2H3,(H,26,28). The Bertz CT molecular complexity index is 911. The lowest BCUT2D eigenvalue weighted by Gasteiger charge is -2.36. The van der Waals surface area contributed by atoms with E-state index in [0.717, 1.165) is 16.5 Å². The molecular formula is C25H35NO8. The minimum atomic E-state index is -0.619. The Kier molecular flexibility index (Phi) is 10.8. The van der Waals surface area contributed by atoms with E-state index in [1.54, 1.807) is 13.4 Å². The molecule has 1 aromatic carbocycles. The van der Waals surface area contributed by atoms with Crippen LogP contribution in [0.4, 0.5) is 0 Å². The maximum absolute atomic E-state index is 12.8. The number of hydrogen-bond donors (Lipinski definition) is 2. The second kappa shape index (κ2) is 14.1. The van der Waals surface area contributed by atoms with Crippen LogP contribution in [0.25, 0.3) is 11.0 Å². The van der Waals surface area contributed by atoms with E-state index < -0.39 is 6.29 Å². The Balaban J connectivity index is 1.82. The second-order valence-corrected chi connectivity index (χ2v) is 7.84. The average Bonchev–Trinajstić information content (AvgIpc) is 3.28. The molecule has 1 amide bonds. The van der Waals surface area contributed by atoms with Crippen LogP contribution < -0.4 is 5.32 Å². The zero-order valence-corrected chi connectivity index (χ0v) is 19.9. The van der Waals surface area contributed by atoms with E-state index in [1.165, 1.54) is 0 Å². The Morgan fingerprint density at radius 3 is 2.68 bits per heavy atom. The van der Waals surface area contributed by atoms with Gasteiger partial charge in [0, 0.05) is 49.7 Å². The minimum absolute atomic E-state index is 0.0104. The van der Waals surface area contributed by atoms with Gasteiger partial charge in [-0.25, -0.2) is 0 Å². The first-order chi connectivity index (χ1) is 16.7. The van der Waals surface area contributed by atoms with Gasteiger partial charge in [-0.3, -0.25) is 4.79 Å². The first kappa shape index (κ1) is 26.2. The summed E-state index contributed by atoms with van der Waals surface area (Å²) in [6.45, 7) is 4.72. The molecule has 0 saturated heterocycles. The predicted octanol–water partition coefficient (Wildman–Crippen LogP) is 2.59. The van der Waals surface area contributed by atoms with Gasteiger partial charge in [-0.15, -0.1) is 0 Å². The molecule has 1 aliphatic heterocycles. The number of carbonyl (C=O) groups excluding carboxylic acids is 1. The van der Waals surface area contributed by atoms with Crippen molar-refractivity contribution in [3.8, 4) is 0 Å². The third-order valence-corrected chi connectivity index (χ3v) is 5.60. The summed E-state index contributed by atoms with van der Waals surface area (Å²) < 4.78 is 33.8. The summed E-state index contributed by atoms with van der Waals surface area (Å²) in [5.41, 5.74) is 1.76. The number of furan rings is 1. The number of hydrogen-bond acceptors (Lipinski definition) is 8. The molecule has 0 spiro atoms. The van der Waals surface area contributed by atoms with E-state index in [4.69, 9.17) is 33.2 Å². The van der Waals surface area contributed by atoms with E-state index in [0.29, 0.717) is 52.6 Å². The van der Waals surface area contributed by atoms with Gasteiger partial charge in [0.2, 0.25) is 6.29 Å². The fourth-order valence-electron chi connectivity index (χ4n) is 4.01. The lowest BCUT2D eigenvalue weighted by Crippen LogP contribution is -2.40. The highest BCUT2D eigenvalue weighted by molar-refractivity contribution is 5.92. The van der Waals surface area contributed by atoms with E-state index in [1.807, 2.05) is 37.3 Å². The van der Waals surface area contributed by atoms with Crippen LogP contribution in [0, 0.1) is 5.92 Å². The summed E-state index contributed by atoms with van der Waals surface area (Å²) in [4.78, 5) is 12.8. The van der Waals surface area contributed by atoms with Crippen LogP contribution in [0.1, 0.15) is 24.8 Å². The number of aliphatic hydroxyl groups excluding tert-OH is 1. The van der Waals surface area contributed by atoms with Gasteiger partial charge in [0.25, 0.3) is 5.91 Å². The molecule has 2 aromatic rings. The maximum Gasteiger partial charge on any atom is 0.286 e. The molecule has 0 bridgehead atoms. The van der Waals surface area contributed by atoms with Crippen LogP contribution in [0.2, 0.25) is 0 Å². The molecule has 9 heteroatoms. The molecule has 1 aliphatic rings. The van der Waals surface area contributed by atoms with Gasteiger partial charge < -0.3 is 38.5 Å². The van der Waals surface area contributed by atoms with Crippen LogP contribution in [-0.4, -0.2) is 77.2 Å². The number of rotatable bonds is 15. The number of fused-ring (bicyclic) bond motifs is 1. The van der Waals surface area contributed by atoms with Gasteiger partial charge in [-0.1, -0.05) is 18.2 Å². The number of carbonyl (C=O) groups is 1. The van der Waals surface area contributed by atoms with Crippen molar-refractivity contribution >= 4 is 16.9 Å². The normalized spacial score (nSPS) is 20.2. The monoisotopic (exact) mass is 477 g/mol. The third kappa shape index (κ3) is 7.04. The van der Waals surface area contributed by atoms with Gasteiger partial charge >= 0.3 is 0 Å². The van der Waals surface area contributed by atoms with Crippen LogP contribution in [0.15, 0.2) is 46.8 Å². The quantitative estimate of drug-likeness (QED) is 0.377. The SMILES string of the molecule is CCOC1OC(C(=O)NCCOC)=CC(c2coc3ccccc23)C1CCOCCOCCO. The minimum Gasteiger partial charge on any atom is -0.464 e. The molecule has 0 radical (unpaired) electrons. The number of nitrogens with one attached hydrogen (secondary N) is 1. The Morgan fingerprint density at radius 1 is 1.12 bits per heavy atom. The van der Waals surface area contributed by atoms with Crippen molar-refractivity contribution in [1.82, 2.24) is 5.32 Å². The molecule has 188 valence electrons. The molecule has 2 heterocycles. The summed E-state index contributed by atoms with van der Waals surface area (Å²) in [5.74, 6) is -0.365. The molecule has 0 saturated carbocycles. The number of allylic oxidation sites excluding steroid dienone is 1. The van der Waals surface area contributed by atoms with Crippen molar-refractivity contribution in [2.24, 2.45) is 5.92 Å². The molecule has 0 fully saturated rings. The van der Waals surface area contributed by atoms with Crippen LogP contribution in [-0.2, 0) is 28.5 Å². The number of para-hydroxylation sites is 1. The zero-order chi connectivity index (χ0) is 24.2. The summed E-state index contributed by atoms with van der Waals surface area (Å²) in [6, 6.07) is 7.83. The van der Waals surface area contributed by atoms with Gasteiger partial charge in [-0.2, -0.15) is 0 Å². The van der Waals surface area contributed by atoms with Gasteiger partial charge in [0.1, 0.15) is 5.58 Å². The molecular weight excluding hydrogens is 442 g/mol. The number of amides is 1. The van der Waals surface area contributed by atoms with Gasteiger partial charge in [0.15, 0.2) is 5.76 Å². The number of aliphatic hydroxyl groups is 1. The summed E-state index contributed by atoms with van der Waals surface area (Å²) >= 11 is 0. The maximum atomic E-state index is 12.8. The fourth-order valence-corrected chi connectivity index (χ4v) is 4.01. The van der Waals surface area contributed by atoms with Crippen LogP contribution in [0.5, 0.6) is 0 Å². The highest BCUT2D eigenvalue weighted by Crippen LogP contribution is 2.41. The number of methoxy groups -OCH3 is 1. The predicted molar refractivity (Wildman–Crippen MR) is 125 cm³/mol. The second-order valence-electron chi connectivity index (χ2n) is 7.84. The van der Waals surface area contributed by atoms with Gasteiger partial charge in [-0.05, 0) is 25.5 Å². The van der Waals surface area contributed by atoms with E-state index in [-0.39, 0.29) is 30.1 Å². The molecule has 3 unspecified atom stereocenters. The summed E-state index contributed by atoms with van der Waals surface area (Å²) in [5, 5.41) is 12.6.